The molecule has 128 valence electrons. The molecule has 0 atom stereocenters. The van der Waals surface area contributed by atoms with E-state index in [0.29, 0.717) is 22.1 Å². The zero-order valence-corrected chi connectivity index (χ0v) is 13.6. The first kappa shape index (κ1) is 16.5. The number of hydrogen-bond acceptors (Lipinski definition) is 6. The van der Waals surface area contributed by atoms with Gasteiger partial charge in [-0.2, -0.15) is 0 Å². The number of aromatic nitrogens is 1. The molecule has 0 saturated heterocycles. The van der Waals surface area contributed by atoms with Gasteiger partial charge in [0.2, 0.25) is 0 Å². The number of aromatic hydroxyl groups is 1. The number of ether oxygens (including phenoxy) is 1. The summed E-state index contributed by atoms with van der Waals surface area (Å²) in [5.41, 5.74) is 1.05. The lowest BCUT2D eigenvalue weighted by Crippen LogP contribution is -2.08. The van der Waals surface area contributed by atoms with Crippen LogP contribution >= 0.6 is 0 Å². The minimum Gasteiger partial charge on any atom is -0.508 e. The van der Waals surface area contributed by atoms with E-state index in [4.69, 9.17) is 9.15 Å². The third kappa shape index (κ3) is 3.16. The summed E-state index contributed by atoms with van der Waals surface area (Å²) in [5, 5.41) is 10.3. The summed E-state index contributed by atoms with van der Waals surface area (Å²) in [4.78, 5) is 37.8. The van der Waals surface area contributed by atoms with E-state index in [9.17, 15) is 19.5 Å². The van der Waals surface area contributed by atoms with Gasteiger partial charge in [0.05, 0.1) is 0 Å². The number of rotatable bonds is 4. The van der Waals surface area contributed by atoms with Gasteiger partial charge >= 0.3 is 11.6 Å². The number of carbonyl (C=O) groups excluding carboxylic acids is 2. The zero-order valence-electron chi connectivity index (χ0n) is 13.6. The zero-order chi connectivity index (χ0) is 18.1. The molecule has 3 aromatic rings. The van der Waals surface area contributed by atoms with Crippen LogP contribution < -0.4 is 5.63 Å². The summed E-state index contributed by atoms with van der Waals surface area (Å²) < 4.78 is 10.4. The van der Waals surface area contributed by atoms with Crippen LogP contribution in [0.3, 0.4) is 0 Å². The summed E-state index contributed by atoms with van der Waals surface area (Å²) in [6.45, 7) is 2.86. The minimum atomic E-state index is -0.649. The lowest BCUT2D eigenvalue weighted by molar-refractivity contribution is 0.0467. The Morgan fingerprint density at radius 1 is 1.28 bits per heavy atom. The molecule has 0 amide bonds. The van der Waals surface area contributed by atoms with Crippen LogP contribution in [0.5, 0.6) is 5.75 Å². The quantitative estimate of drug-likeness (QED) is 0.429. The van der Waals surface area contributed by atoms with Crippen LogP contribution in [0.2, 0.25) is 0 Å². The Morgan fingerprint density at radius 3 is 2.72 bits per heavy atom. The lowest BCUT2D eigenvalue weighted by Gasteiger charge is -2.08. The number of phenolic OH excluding ortho intramolecular Hbond substituents is 1. The molecule has 2 N–H and O–H groups in total. The molecule has 0 radical (unpaired) electrons. The van der Waals surface area contributed by atoms with Crippen LogP contribution in [0.25, 0.3) is 11.0 Å². The lowest BCUT2D eigenvalue weighted by atomic mass is 10.1. The van der Waals surface area contributed by atoms with Crippen molar-refractivity contribution in [1.29, 1.82) is 0 Å². The second kappa shape index (κ2) is 6.27. The molecule has 0 unspecified atom stereocenters. The molecule has 0 aliphatic rings. The van der Waals surface area contributed by atoms with Gasteiger partial charge in [-0.15, -0.1) is 0 Å². The van der Waals surface area contributed by atoms with Gasteiger partial charge in [-0.05, 0) is 32.0 Å². The molecule has 7 nitrogen and oxygen atoms in total. The monoisotopic (exact) mass is 341 g/mol. The topological polar surface area (TPSA) is 110 Å². The van der Waals surface area contributed by atoms with E-state index >= 15 is 0 Å². The third-order valence-corrected chi connectivity index (χ3v) is 3.89. The number of phenols is 1. The second-order valence-electron chi connectivity index (χ2n) is 5.61. The number of Topliss-reactive ketones (excluding diaryl/α,β-unsaturated/α-hetero) is 1. The summed E-state index contributed by atoms with van der Waals surface area (Å²) in [6, 6.07) is 5.71. The van der Waals surface area contributed by atoms with Crippen LogP contribution in [-0.2, 0) is 11.3 Å². The van der Waals surface area contributed by atoms with E-state index in [2.05, 4.69) is 4.98 Å². The maximum absolute atomic E-state index is 12.1. The highest BCUT2D eigenvalue weighted by Crippen LogP contribution is 2.27. The Bertz CT molecular complexity index is 1040. The van der Waals surface area contributed by atoms with Gasteiger partial charge in [0.25, 0.3) is 0 Å². The molecular weight excluding hydrogens is 326 g/mol. The molecule has 0 bridgehead atoms. The normalized spacial score (nSPS) is 10.8. The van der Waals surface area contributed by atoms with Gasteiger partial charge in [-0.25, -0.2) is 9.59 Å². The molecule has 0 spiro atoms. The van der Waals surface area contributed by atoms with Crippen LogP contribution in [0.15, 0.2) is 39.7 Å². The molecule has 7 heteroatoms. The molecule has 0 fully saturated rings. The first-order chi connectivity index (χ1) is 11.9. The van der Waals surface area contributed by atoms with Crippen molar-refractivity contribution in [2.24, 2.45) is 0 Å². The Kier molecular flexibility index (Phi) is 4.14. The van der Waals surface area contributed by atoms with Gasteiger partial charge in [-0.3, -0.25) is 4.79 Å². The van der Waals surface area contributed by atoms with Gasteiger partial charge in [0, 0.05) is 34.3 Å². The number of fused-ring (bicyclic) bond motifs is 1. The van der Waals surface area contributed by atoms with Gasteiger partial charge in [0.1, 0.15) is 23.6 Å². The Hall–Kier alpha value is -3.35. The summed E-state index contributed by atoms with van der Waals surface area (Å²) >= 11 is 0. The maximum atomic E-state index is 12.1. The van der Waals surface area contributed by atoms with Gasteiger partial charge in [0.15, 0.2) is 5.78 Å². The van der Waals surface area contributed by atoms with Crippen LogP contribution in [0, 0.1) is 6.92 Å². The average molecular weight is 341 g/mol. The third-order valence-electron chi connectivity index (χ3n) is 3.89. The van der Waals surface area contributed by atoms with Crippen molar-refractivity contribution < 1.29 is 23.8 Å². The Balaban J connectivity index is 1.88. The van der Waals surface area contributed by atoms with Crippen molar-refractivity contribution in [3.8, 4) is 5.75 Å². The van der Waals surface area contributed by atoms with E-state index in [1.165, 1.54) is 31.3 Å². The molecule has 0 aliphatic carbocycles. The number of hydrogen-bond donors (Lipinski definition) is 2. The fraction of sp³-hybridized carbons (Fsp3) is 0.167. The van der Waals surface area contributed by atoms with E-state index in [-0.39, 0.29) is 29.4 Å². The fourth-order valence-electron chi connectivity index (χ4n) is 2.47. The number of aromatic amines is 1. The average Bonchev–Trinajstić information content (AvgIpc) is 3.06. The smallest absolute Gasteiger partial charge is 0.355 e. The fourth-order valence-corrected chi connectivity index (χ4v) is 2.47. The number of H-pyrrole nitrogens is 1. The number of aryl methyl sites for hydroxylation is 1. The van der Waals surface area contributed by atoms with Crippen molar-refractivity contribution in [2.45, 2.75) is 20.5 Å². The molecule has 2 aromatic heterocycles. The van der Waals surface area contributed by atoms with Crippen LogP contribution in [-0.4, -0.2) is 21.8 Å². The SMILES string of the molecule is CC(=O)c1c[nH]c(C(=O)OCc2cc(=O)oc3c(C)c(O)ccc23)c1. The first-order valence-electron chi connectivity index (χ1n) is 7.48. The summed E-state index contributed by atoms with van der Waals surface area (Å²) in [6.07, 6.45) is 1.43. The molecule has 0 saturated carbocycles. The summed E-state index contributed by atoms with van der Waals surface area (Å²) in [5.74, 6) is -0.811. The molecule has 0 aliphatic heterocycles. The first-order valence-corrected chi connectivity index (χ1v) is 7.48. The Morgan fingerprint density at radius 2 is 2.04 bits per heavy atom. The highest BCUT2D eigenvalue weighted by molar-refractivity contribution is 5.97. The molecule has 1 aromatic carbocycles. The van der Waals surface area contributed by atoms with Crippen molar-refractivity contribution >= 4 is 22.7 Å². The maximum Gasteiger partial charge on any atom is 0.355 e. The molecule has 25 heavy (non-hydrogen) atoms. The number of nitrogens with one attached hydrogen (secondary N) is 1. The number of ketones is 1. The van der Waals surface area contributed by atoms with Crippen molar-refractivity contribution in [2.75, 3.05) is 0 Å². The number of benzene rings is 1. The minimum absolute atomic E-state index is 0.00735. The van der Waals surface area contributed by atoms with Gasteiger partial charge in [-0.1, -0.05) is 0 Å². The number of carbonyl (C=O) groups is 2. The molecule has 3 rings (SSSR count). The van der Waals surface area contributed by atoms with E-state index in [0.717, 1.165) is 0 Å². The second-order valence-corrected chi connectivity index (χ2v) is 5.61. The van der Waals surface area contributed by atoms with Crippen molar-refractivity contribution in [3.63, 3.8) is 0 Å². The van der Waals surface area contributed by atoms with Gasteiger partial charge < -0.3 is 19.2 Å². The highest BCUT2D eigenvalue weighted by atomic mass is 16.5. The predicted molar refractivity (Wildman–Crippen MR) is 88.8 cm³/mol. The van der Waals surface area contributed by atoms with E-state index in [1.54, 1.807) is 13.0 Å². The standard InChI is InChI=1S/C18H15NO6/c1-9-15(21)4-3-13-12(6-16(22)25-17(9)13)8-24-18(23)14-5-11(7-19-14)10(2)20/h3-7,19,21H,8H2,1-2H3. The van der Waals surface area contributed by atoms with Crippen molar-refractivity contribution in [3.05, 3.63) is 63.3 Å². The predicted octanol–water partition coefficient (Wildman–Crippen LogP) is 2.69. The van der Waals surface area contributed by atoms with E-state index < -0.39 is 11.6 Å². The largest absolute Gasteiger partial charge is 0.508 e. The molecular formula is C18H15NO6. The van der Waals surface area contributed by atoms with E-state index in [1.807, 2.05) is 0 Å². The Labute approximate surface area is 141 Å². The van der Waals surface area contributed by atoms with Crippen LogP contribution in [0.1, 0.15) is 38.9 Å². The summed E-state index contributed by atoms with van der Waals surface area (Å²) in [7, 11) is 0. The number of esters is 1. The molecule has 2 heterocycles. The van der Waals surface area contributed by atoms with Crippen molar-refractivity contribution in [1.82, 2.24) is 4.98 Å². The van der Waals surface area contributed by atoms with Crippen LogP contribution in [0.4, 0.5) is 0 Å². The highest BCUT2D eigenvalue weighted by Gasteiger charge is 2.15.